The van der Waals surface area contributed by atoms with Crippen molar-refractivity contribution in [2.24, 2.45) is 4.99 Å². The molecule has 0 N–H and O–H groups in total. The summed E-state index contributed by atoms with van der Waals surface area (Å²) in [6.07, 6.45) is 5.30. The molecule has 53 heavy (non-hydrogen) atoms. The lowest BCUT2D eigenvalue weighted by Crippen LogP contribution is -2.00. The molecule has 3 heterocycles. The van der Waals surface area contributed by atoms with Gasteiger partial charge in [0.2, 0.25) is 0 Å². The maximum absolute atomic E-state index is 6.86. The van der Waals surface area contributed by atoms with Crippen LogP contribution in [0.25, 0.3) is 87.8 Å². The minimum Gasteiger partial charge on any atom is -0.456 e. The van der Waals surface area contributed by atoms with Crippen LogP contribution in [0.4, 0.5) is 0 Å². The Hall–Kier alpha value is -6.97. The number of hydrogen-bond acceptors (Lipinski definition) is 3. The van der Waals surface area contributed by atoms with Crippen LogP contribution in [0.3, 0.4) is 0 Å². The van der Waals surface area contributed by atoms with Crippen molar-refractivity contribution in [2.75, 3.05) is 0 Å². The molecule has 3 heteroatoms. The number of nitrogens with zero attached hydrogens (tertiary/aromatic N) is 1. The van der Waals surface area contributed by atoms with E-state index in [-0.39, 0.29) is 0 Å². The number of benzene rings is 8. The fourth-order valence-electron chi connectivity index (χ4n) is 8.15. The molecule has 0 fully saturated rings. The summed E-state index contributed by atoms with van der Waals surface area (Å²) in [6.45, 7) is 0. The SMILES string of the molecule is C1=C(c2ccccc2)CC=C(c2ccc3ccccc3c2)N=C1c1ccc(-c2cccc3oc4cc5ccccc5cc4c23)c2oc3ccccc3c12. The van der Waals surface area contributed by atoms with Gasteiger partial charge in [-0.2, -0.15) is 0 Å². The topological polar surface area (TPSA) is 38.6 Å². The summed E-state index contributed by atoms with van der Waals surface area (Å²) >= 11 is 0. The molecule has 1 aliphatic rings. The van der Waals surface area contributed by atoms with E-state index < -0.39 is 0 Å². The maximum Gasteiger partial charge on any atom is 0.143 e. The highest BCUT2D eigenvalue weighted by Crippen LogP contribution is 2.44. The summed E-state index contributed by atoms with van der Waals surface area (Å²) in [5, 5.41) is 9.05. The minimum atomic E-state index is 0.761. The summed E-state index contributed by atoms with van der Waals surface area (Å²) in [4.78, 5) is 5.49. The Bertz CT molecular complexity index is 3190. The second kappa shape index (κ2) is 11.8. The van der Waals surface area contributed by atoms with Crippen molar-refractivity contribution in [3.63, 3.8) is 0 Å². The van der Waals surface area contributed by atoms with Gasteiger partial charge in [0.15, 0.2) is 0 Å². The molecule has 11 rings (SSSR count). The molecule has 10 aromatic rings. The molecule has 0 unspecified atom stereocenters. The van der Waals surface area contributed by atoms with Crippen molar-refractivity contribution in [3.05, 3.63) is 193 Å². The van der Waals surface area contributed by atoms with Gasteiger partial charge in [0.25, 0.3) is 0 Å². The predicted octanol–water partition coefficient (Wildman–Crippen LogP) is 13.8. The Balaban J connectivity index is 1.17. The summed E-state index contributed by atoms with van der Waals surface area (Å²) in [7, 11) is 0. The fraction of sp³-hybridized carbons (Fsp3) is 0.0200. The number of allylic oxidation sites excluding steroid dienone is 3. The highest BCUT2D eigenvalue weighted by molar-refractivity contribution is 6.27. The maximum atomic E-state index is 6.86. The number of hydrogen-bond donors (Lipinski definition) is 0. The van der Waals surface area contributed by atoms with Crippen LogP contribution in [0.1, 0.15) is 23.1 Å². The first kappa shape index (κ1) is 29.7. The first-order valence-electron chi connectivity index (χ1n) is 18.1. The summed E-state index contributed by atoms with van der Waals surface area (Å²) in [5.41, 5.74) is 11.9. The van der Waals surface area contributed by atoms with E-state index >= 15 is 0 Å². The predicted molar refractivity (Wildman–Crippen MR) is 221 cm³/mol. The zero-order chi connectivity index (χ0) is 34.9. The quantitative estimate of drug-likeness (QED) is 0.186. The average Bonchev–Trinajstić information content (AvgIpc) is 3.70. The third-order valence-electron chi connectivity index (χ3n) is 10.7. The highest BCUT2D eigenvalue weighted by Gasteiger charge is 2.23. The van der Waals surface area contributed by atoms with Gasteiger partial charge in [-0.25, -0.2) is 4.99 Å². The zero-order valence-corrected chi connectivity index (χ0v) is 28.7. The summed E-state index contributed by atoms with van der Waals surface area (Å²) in [5.74, 6) is 0. The number of fused-ring (bicyclic) bond motifs is 8. The van der Waals surface area contributed by atoms with Crippen LogP contribution in [0.5, 0.6) is 0 Å². The third-order valence-corrected chi connectivity index (χ3v) is 10.7. The molecule has 0 saturated carbocycles. The standard InChI is InChI=1S/C50H31NO2/c1-2-11-31(12-3-1)36-23-26-43(37-22-21-32-13-4-5-14-33(32)27-37)51-44(29-36)40-25-24-39(50-49(40)41-17-8-9-19-45(41)53-50)38-18-10-20-46-48(38)42-28-34-15-6-7-16-35(34)30-47(42)52-46/h1-22,24-30H,23H2. The molecule has 8 aromatic carbocycles. The van der Waals surface area contributed by atoms with Crippen molar-refractivity contribution < 1.29 is 8.83 Å². The first-order valence-corrected chi connectivity index (χ1v) is 18.1. The molecule has 0 radical (unpaired) electrons. The molecule has 0 spiro atoms. The lowest BCUT2D eigenvalue weighted by molar-refractivity contribution is 0.669. The van der Waals surface area contributed by atoms with Crippen molar-refractivity contribution in [1.29, 1.82) is 0 Å². The molecule has 0 amide bonds. The van der Waals surface area contributed by atoms with E-state index in [0.717, 1.165) is 89.3 Å². The summed E-state index contributed by atoms with van der Waals surface area (Å²) < 4.78 is 13.4. The van der Waals surface area contributed by atoms with Crippen molar-refractivity contribution in [1.82, 2.24) is 0 Å². The van der Waals surface area contributed by atoms with Gasteiger partial charge >= 0.3 is 0 Å². The van der Waals surface area contributed by atoms with E-state index in [1.54, 1.807) is 0 Å². The number of furan rings is 2. The van der Waals surface area contributed by atoms with Crippen LogP contribution in [-0.2, 0) is 0 Å². The molecule has 3 nitrogen and oxygen atoms in total. The first-order chi connectivity index (χ1) is 26.2. The van der Waals surface area contributed by atoms with E-state index in [1.807, 2.05) is 6.07 Å². The van der Waals surface area contributed by atoms with E-state index in [2.05, 4.69) is 170 Å². The molecular formula is C50H31NO2. The molecule has 248 valence electrons. The number of aliphatic imine (C=N–C) groups is 1. The van der Waals surface area contributed by atoms with Crippen LogP contribution in [-0.4, -0.2) is 5.71 Å². The van der Waals surface area contributed by atoms with Crippen LogP contribution in [0.2, 0.25) is 0 Å². The van der Waals surface area contributed by atoms with Gasteiger partial charge in [-0.05, 0) is 87.1 Å². The van der Waals surface area contributed by atoms with Crippen molar-refractivity contribution >= 4 is 82.4 Å². The average molecular weight is 678 g/mol. The van der Waals surface area contributed by atoms with Gasteiger partial charge in [-0.1, -0.05) is 133 Å². The Labute approximate surface area is 305 Å². The summed E-state index contributed by atoms with van der Waals surface area (Å²) in [6, 6.07) is 57.7. The monoisotopic (exact) mass is 677 g/mol. The normalized spacial score (nSPS) is 13.5. The van der Waals surface area contributed by atoms with E-state index in [4.69, 9.17) is 13.8 Å². The molecule has 0 aliphatic carbocycles. The van der Waals surface area contributed by atoms with Crippen molar-refractivity contribution in [2.45, 2.75) is 6.42 Å². The van der Waals surface area contributed by atoms with Crippen LogP contribution in [0.15, 0.2) is 190 Å². The van der Waals surface area contributed by atoms with Crippen LogP contribution < -0.4 is 0 Å². The number of rotatable bonds is 4. The lowest BCUT2D eigenvalue weighted by Gasteiger charge is -2.11. The van der Waals surface area contributed by atoms with Gasteiger partial charge in [0.05, 0.1) is 11.4 Å². The van der Waals surface area contributed by atoms with Gasteiger partial charge < -0.3 is 8.83 Å². The zero-order valence-electron chi connectivity index (χ0n) is 28.7. The third kappa shape index (κ3) is 4.86. The van der Waals surface area contributed by atoms with Gasteiger partial charge in [0.1, 0.15) is 22.3 Å². The minimum absolute atomic E-state index is 0.761. The Morgan fingerprint density at radius 3 is 2.02 bits per heavy atom. The molecule has 2 aromatic heterocycles. The Kier molecular flexibility index (Phi) is 6.62. The highest BCUT2D eigenvalue weighted by atomic mass is 16.3. The Morgan fingerprint density at radius 2 is 1.15 bits per heavy atom. The molecule has 0 bridgehead atoms. The van der Waals surface area contributed by atoms with Crippen molar-refractivity contribution in [3.8, 4) is 11.1 Å². The van der Waals surface area contributed by atoms with Gasteiger partial charge in [-0.15, -0.1) is 0 Å². The molecule has 0 atom stereocenters. The van der Waals surface area contributed by atoms with Gasteiger partial charge in [0, 0.05) is 38.2 Å². The number of para-hydroxylation sites is 1. The smallest absolute Gasteiger partial charge is 0.143 e. The molecular weight excluding hydrogens is 647 g/mol. The van der Waals surface area contributed by atoms with Gasteiger partial charge in [-0.3, -0.25) is 0 Å². The van der Waals surface area contributed by atoms with E-state index in [9.17, 15) is 0 Å². The fourth-order valence-corrected chi connectivity index (χ4v) is 8.15. The van der Waals surface area contributed by atoms with Crippen LogP contribution in [0, 0.1) is 0 Å². The van der Waals surface area contributed by atoms with Crippen LogP contribution >= 0.6 is 0 Å². The van der Waals surface area contributed by atoms with E-state index in [0.29, 0.717) is 0 Å². The second-order valence-electron chi connectivity index (χ2n) is 13.8. The van der Waals surface area contributed by atoms with E-state index in [1.165, 1.54) is 27.3 Å². The largest absolute Gasteiger partial charge is 0.456 e. The lowest BCUT2D eigenvalue weighted by atomic mass is 9.92. The molecule has 0 saturated heterocycles. The Morgan fingerprint density at radius 1 is 0.434 bits per heavy atom. The second-order valence-corrected chi connectivity index (χ2v) is 13.8. The molecule has 1 aliphatic heterocycles.